The minimum Gasteiger partial charge on any atom is -0.436 e. The fourth-order valence-corrected chi connectivity index (χ4v) is 2.45. The average Bonchev–Trinajstić information content (AvgIpc) is 2.68. The number of hydrogen-bond acceptors (Lipinski definition) is 4. The molecule has 0 saturated carbocycles. The number of oxazole rings is 1. The maximum absolute atomic E-state index is 12.4. The zero-order valence-electron chi connectivity index (χ0n) is 10.8. The number of ether oxygens (including phenoxy) is 1. The predicted octanol–water partition coefficient (Wildman–Crippen LogP) is 1.92. The van der Waals surface area contributed by atoms with E-state index in [1.165, 1.54) is 0 Å². The molecule has 2 unspecified atom stereocenters. The quantitative estimate of drug-likeness (QED) is 0.782. The minimum absolute atomic E-state index is 0.0366. The molecule has 100 valence electrons. The third kappa shape index (κ3) is 2.59. The maximum atomic E-state index is 12.4. The molecule has 2 rings (SSSR count). The third-order valence-electron chi connectivity index (χ3n) is 3.04. The van der Waals surface area contributed by atoms with Gasteiger partial charge in [-0.05, 0) is 13.8 Å². The van der Waals surface area contributed by atoms with Gasteiger partial charge in [0.25, 0.3) is 5.91 Å². The van der Waals surface area contributed by atoms with E-state index in [0.717, 1.165) is 5.33 Å². The van der Waals surface area contributed by atoms with Crippen LogP contribution in [0.5, 0.6) is 0 Å². The molecule has 0 aromatic carbocycles. The Morgan fingerprint density at radius 2 is 2.28 bits per heavy atom. The summed E-state index contributed by atoms with van der Waals surface area (Å²) in [5.41, 5.74) is 0.645. The number of aromatic nitrogens is 1. The van der Waals surface area contributed by atoms with E-state index in [0.29, 0.717) is 30.5 Å². The monoisotopic (exact) mass is 316 g/mol. The lowest BCUT2D eigenvalue weighted by Gasteiger charge is -2.37. The van der Waals surface area contributed by atoms with Crippen LogP contribution >= 0.6 is 15.9 Å². The summed E-state index contributed by atoms with van der Waals surface area (Å²) in [6.07, 6.45) is 0.0366. The third-order valence-corrected chi connectivity index (χ3v) is 3.76. The molecule has 1 amide bonds. The molecule has 0 bridgehead atoms. The zero-order valence-corrected chi connectivity index (χ0v) is 12.4. The van der Waals surface area contributed by atoms with Crippen LogP contribution in [0.25, 0.3) is 0 Å². The first-order valence-electron chi connectivity index (χ1n) is 5.95. The van der Waals surface area contributed by atoms with E-state index in [1.54, 1.807) is 18.7 Å². The minimum atomic E-state index is -0.102. The van der Waals surface area contributed by atoms with Crippen molar-refractivity contribution in [1.82, 2.24) is 9.88 Å². The maximum Gasteiger partial charge on any atom is 0.291 e. The normalized spacial score (nSPS) is 24.3. The van der Waals surface area contributed by atoms with Gasteiger partial charge in [-0.15, -0.1) is 0 Å². The van der Waals surface area contributed by atoms with E-state index in [9.17, 15) is 4.79 Å². The second kappa shape index (κ2) is 5.40. The number of aryl methyl sites for hydroxylation is 2. The fourth-order valence-electron chi connectivity index (χ4n) is 2.05. The molecule has 0 radical (unpaired) electrons. The van der Waals surface area contributed by atoms with E-state index < -0.39 is 0 Å². The predicted molar refractivity (Wildman–Crippen MR) is 70.0 cm³/mol. The highest BCUT2D eigenvalue weighted by molar-refractivity contribution is 9.09. The van der Waals surface area contributed by atoms with Crippen LogP contribution in [0.1, 0.15) is 29.1 Å². The van der Waals surface area contributed by atoms with Crippen LogP contribution in [-0.4, -0.2) is 46.4 Å². The molecule has 2 atom stereocenters. The van der Waals surface area contributed by atoms with E-state index in [2.05, 4.69) is 20.9 Å². The second-order valence-corrected chi connectivity index (χ2v) is 5.21. The van der Waals surface area contributed by atoms with Gasteiger partial charge in [-0.2, -0.15) is 0 Å². The first-order chi connectivity index (χ1) is 8.52. The molecule has 1 aliphatic heterocycles. The molecule has 0 N–H and O–H groups in total. The highest BCUT2D eigenvalue weighted by Crippen LogP contribution is 2.19. The van der Waals surface area contributed by atoms with Crippen molar-refractivity contribution in [2.24, 2.45) is 0 Å². The Morgan fingerprint density at radius 1 is 1.56 bits per heavy atom. The van der Waals surface area contributed by atoms with Crippen molar-refractivity contribution in [3.63, 3.8) is 0 Å². The number of carbonyl (C=O) groups is 1. The van der Waals surface area contributed by atoms with Crippen LogP contribution in [0.4, 0.5) is 0 Å². The number of alkyl halides is 1. The number of halogens is 1. The Hall–Kier alpha value is -0.880. The van der Waals surface area contributed by atoms with Crippen LogP contribution in [-0.2, 0) is 4.74 Å². The molecule has 0 spiro atoms. The number of carbonyl (C=O) groups excluding carboxylic acids is 1. The molecular formula is C12H17BrN2O3. The Balaban J connectivity index is 2.19. The second-order valence-electron chi connectivity index (χ2n) is 4.56. The van der Waals surface area contributed by atoms with Crippen molar-refractivity contribution in [3.8, 4) is 0 Å². The molecule has 1 fully saturated rings. The van der Waals surface area contributed by atoms with Gasteiger partial charge >= 0.3 is 0 Å². The largest absolute Gasteiger partial charge is 0.436 e. The topological polar surface area (TPSA) is 55.6 Å². The van der Waals surface area contributed by atoms with Crippen LogP contribution in [0, 0.1) is 13.8 Å². The smallest absolute Gasteiger partial charge is 0.291 e. The lowest BCUT2D eigenvalue weighted by molar-refractivity contribution is -0.0372. The van der Waals surface area contributed by atoms with Crippen molar-refractivity contribution in [3.05, 3.63) is 17.3 Å². The van der Waals surface area contributed by atoms with Crippen molar-refractivity contribution in [2.75, 3.05) is 18.5 Å². The summed E-state index contributed by atoms with van der Waals surface area (Å²) in [5.74, 6) is 0.762. The van der Waals surface area contributed by atoms with E-state index in [-0.39, 0.29) is 18.1 Å². The van der Waals surface area contributed by atoms with Crippen molar-refractivity contribution in [2.45, 2.75) is 32.9 Å². The molecule has 6 heteroatoms. The number of rotatable bonds is 2. The van der Waals surface area contributed by atoms with E-state index in [1.807, 2.05) is 6.92 Å². The van der Waals surface area contributed by atoms with Gasteiger partial charge in [0, 0.05) is 18.8 Å². The number of hydrogen-bond donors (Lipinski definition) is 0. The van der Waals surface area contributed by atoms with Gasteiger partial charge in [0.1, 0.15) is 0 Å². The number of amides is 1. The summed E-state index contributed by atoms with van der Waals surface area (Å²) in [6, 6.07) is 0.0533. The Kier molecular flexibility index (Phi) is 4.07. The highest BCUT2D eigenvalue weighted by Gasteiger charge is 2.32. The van der Waals surface area contributed by atoms with Gasteiger partial charge in [-0.3, -0.25) is 4.79 Å². The van der Waals surface area contributed by atoms with Crippen molar-refractivity contribution in [1.29, 1.82) is 0 Å². The van der Waals surface area contributed by atoms with Crippen LogP contribution in [0.15, 0.2) is 4.42 Å². The molecule has 0 aliphatic carbocycles. The van der Waals surface area contributed by atoms with Gasteiger partial charge in [-0.1, -0.05) is 15.9 Å². The van der Waals surface area contributed by atoms with Gasteiger partial charge in [-0.25, -0.2) is 4.98 Å². The molecule has 1 aliphatic rings. The molecular weight excluding hydrogens is 300 g/mol. The van der Waals surface area contributed by atoms with Gasteiger partial charge in [0.15, 0.2) is 5.89 Å². The molecule has 1 saturated heterocycles. The number of morpholine rings is 1. The van der Waals surface area contributed by atoms with Gasteiger partial charge in [0.2, 0.25) is 5.76 Å². The average molecular weight is 317 g/mol. The summed E-state index contributed by atoms with van der Waals surface area (Å²) < 4.78 is 11.0. The van der Waals surface area contributed by atoms with Gasteiger partial charge in [0.05, 0.1) is 24.4 Å². The summed E-state index contributed by atoms with van der Waals surface area (Å²) in [5, 5.41) is 0.720. The molecule has 1 aromatic rings. The first-order valence-corrected chi connectivity index (χ1v) is 7.07. The van der Waals surface area contributed by atoms with Gasteiger partial charge < -0.3 is 14.1 Å². The molecule has 5 nitrogen and oxygen atoms in total. The molecule has 1 aromatic heterocycles. The van der Waals surface area contributed by atoms with Crippen LogP contribution in [0.2, 0.25) is 0 Å². The Bertz CT molecular complexity index is 447. The van der Waals surface area contributed by atoms with Crippen LogP contribution in [0.3, 0.4) is 0 Å². The van der Waals surface area contributed by atoms with Crippen molar-refractivity contribution >= 4 is 21.8 Å². The standard InChI is InChI=1S/C12H17BrN2O3/c1-7-6-17-10(4-13)5-15(7)12(16)11-8(2)14-9(3)18-11/h7,10H,4-6H2,1-3H3. The number of nitrogens with zero attached hydrogens (tertiary/aromatic N) is 2. The van der Waals surface area contributed by atoms with E-state index >= 15 is 0 Å². The zero-order chi connectivity index (χ0) is 13.3. The Labute approximate surface area is 115 Å². The summed E-state index contributed by atoms with van der Waals surface area (Å²) in [4.78, 5) is 18.4. The van der Waals surface area contributed by atoms with Crippen LogP contribution < -0.4 is 0 Å². The van der Waals surface area contributed by atoms with E-state index in [4.69, 9.17) is 9.15 Å². The molecule has 18 heavy (non-hydrogen) atoms. The first kappa shape index (κ1) is 13.5. The summed E-state index contributed by atoms with van der Waals surface area (Å²) in [6.45, 7) is 6.63. The summed E-state index contributed by atoms with van der Waals surface area (Å²) >= 11 is 3.38. The lowest BCUT2D eigenvalue weighted by Crippen LogP contribution is -2.51. The highest BCUT2D eigenvalue weighted by atomic mass is 79.9. The van der Waals surface area contributed by atoms with Crippen molar-refractivity contribution < 1.29 is 13.9 Å². The molecule has 2 heterocycles. The summed E-state index contributed by atoms with van der Waals surface area (Å²) in [7, 11) is 0. The lowest BCUT2D eigenvalue weighted by atomic mass is 10.2. The fraction of sp³-hybridized carbons (Fsp3) is 0.667. The SMILES string of the molecule is Cc1nc(C)c(C(=O)N2CC(CBr)OCC2C)o1. The Morgan fingerprint density at radius 3 is 2.83 bits per heavy atom.